The standard InChI is InChI=1S/C19H28N4O2/c24-18(21-17-7-2-1-3-8-17)13-23-12-16(9-20-23)19(25)22-10-14-5-4-6-15(14)11-22/h9,12,14-15,17H,1-8,10-11,13H2,(H,21,24). The number of rotatable bonds is 4. The summed E-state index contributed by atoms with van der Waals surface area (Å²) in [6.07, 6.45) is 13.0. The number of hydrogen-bond acceptors (Lipinski definition) is 3. The van der Waals surface area contributed by atoms with E-state index in [1.165, 1.54) is 38.5 Å². The van der Waals surface area contributed by atoms with E-state index in [-0.39, 0.29) is 18.4 Å². The molecular weight excluding hydrogens is 316 g/mol. The van der Waals surface area contributed by atoms with E-state index in [9.17, 15) is 9.59 Å². The average molecular weight is 344 g/mol. The highest BCUT2D eigenvalue weighted by molar-refractivity contribution is 5.94. The Kier molecular flexibility index (Phi) is 4.77. The molecule has 1 aliphatic heterocycles. The molecule has 1 aromatic heterocycles. The highest BCUT2D eigenvalue weighted by Crippen LogP contribution is 2.38. The van der Waals surface area contributed by atoms with E-state index >= 15 is 0 Å². The maximum absolute atomic E-state index is 12.7. The number of nitrogens with one attached hydrogen (secondary N) is 1. The molecule has 136 valence electrons. The topological polar surface area (TPSA) is 67.2 Å². The molecular formula is C19H28N4O2. The molecule has 0 bridgehead atoms. The molecule has 3 fully saturated rings. The lowest BCUT2D eigenvalue weighted by Crippen LogP contribution is -2.38. The number of carbonyl (C=O) groups excluding carboxylic acids is 2. The summed E-state index contributed by atoms with van der Waals surface area (Å²) < 4.78 is 1.59. The highest BCUT2D eigenvalue weighted by atomic mass is 16.2. The molecule has 2 atom stereocenters. The van der Waals surface area contributed by atoms with Crippen molar-refractivity contribution in [2.24, 2.45) is 11.8 Å². The van der Waals surface area contributed by atoms with Gasteiger partial charge in [-0.1, -0.05) is 25.7 Å². The Morgan fingerprint density at radius 2 is 1.76 bits per heavy atom. The molecule has 2 unspecified atom stereocenters. The van der Waals surface area contributed by atoms with Crippen LogP contribution in [0.25, 0.3) is 0 Å². The summed E-state index contributed by atoms with van der Waals surface area (Å²) in [5, 5.41) is 7.31. The van der Waals surface area contributed by atoms with Gasteiger partial charge in [-0.15, -0.1) is 0 Å². The second-order valence-corrected chi connectivity index (χ2v) is 7.99. The third kappa shape index (κ3) is 3.72. The minimum Gasteiger partial charge on any atom is -0.352 e. The van der Waals surface area contributed by atoms with Crippen molar-refractivity contribution in [3.8, 4) is 0 Å². The zero-order valence-corrected chi connectivity index (χ0v) is 14.8. The van der Waals surface area contributed by atoms with Crippen LogP contribution in [-0.4, -0.2) is 45.6 Å². The van der Waals surface area contributed by atoms with E-state index in [2.05, 4.69) is 10.4 Å². The molecule has 6 nitrogen and oxygen atoms in total. The molecule has 0 aromatic carbocycles. The van der Waals surface area contributed by atoms with Crippen LogP contribution in [0.5, 0.6) is 0 Å². The summed E-state index contributed by atoms with van der Waals surface area (Å²) in [7, 11) is 0. The van der Waals surface area contributed by atoms with Crippen molar-refractivity contribution in [2.45, 2.75) is 64.0 Å². The fraction of sp³-hybridized carbons (Fsp3) is 0.737. The average Bonchev–Trinajstić information content (AvgIpc) is 3.30. The quantitative estimate of drug-likeness (QED) is 0.910. The molecule has 4 rings (SSSR count). The van der Waals surface area contributed by atoms with Gasteiger partial charge in [0.2, 0.25) is 5.91 Å². The van der Waals surface area contributed by atoms with Gasteiger partial charge in [0.25, 0.3) is 5.91 Å². The van der Waals surface area contributed by atoms with Crippen LogP contribution < -0.4 is 5.32 Å². The van der Waals surface area contributed by atoms with Crippen molar-refractivity contribution < 1.29 is 9.59 Å². The van der Waals surface area contributed by atoms with Crippen molar-refractivity contribution in [2.75, 3.05) is 13.1 Å². The number of hydrogen-bond donors (Lipinski definition) is 1. The minimum atomic E-state index is -0.00953. The fourth-order valence-corrected chi connectivity index (χ4v) is 4.81. The molecule has 1 N–H and O–H groups in total. The maximum atomic E-state index is 12.7. The zero-order chi connectivity index (χ0) is 17.2. The molecule has 2 amide bonds. The van der Waals surface area contributed by atoms with Crippen molar-refractivity contribution in [1.29, 1.82) is 0 Å². The van der Waals surface area contributed by atoms with Crippen LogP contribution >= 0.6 is 0 Å². The third-order valence-electron chi connectivity index (χ3n) is 6.17. The summed E-state index contributed by atoms with van der Waals surface area (Å²) in [4.78, 5) is 26.8. The van der Waals surface area contributed by atoms with Crippen molar-refractivity contribution in [3.05, 3.63) is 18.0 Å². The molecule has 0 radical (unpaired) electrons. The van der Waals surface area contributed by atoms with Gasteiger partial charge in [0, 0.05) is 25.3 Å². The maximum Gasteiger partial charge on any atom is 0.257 e. The lowest BCUT2D eigenvalue weighted by molar-refractivity contribution is -0.122. The van der Waals surface area contributed by atoms with Gasteiger partial charge in [-0.05, 0) is 37.5 Å². The van der Waals surface area contributed by atoms with Crippen LogP contribution in [0.3, 0.4) is 0 Å². The van der Waals surface area contributed by atoms with Crippen molar-refractivity contribution in [3.63, 3.8) is 0 Å². The number of amides is 2. The Bertz CT molecular complexity index is 623. The number of nitrogens with zero attached hydrogens (tertiary/aromatic N) is 3. The Balaban J connectivity index is 1.30. The minimum absolute atomic E-state index is 0.00953. The lowest BCUT2D eigenvalue weighted by Gasteiger charge is -2.22. The van der Waals surface area contributed by atoms with E-state index in [0.29, 0.717) is 23.4 Å². The van der Waals surface area contributed by atoms with Gasteiger partial charge in [-0.25, -0.2) is 0 Å². The van der Waals surface area contributed by atoms with Crippen molar-refractivity contribution >= 4 is 11.8 Å². The first-order valence-electron chi connectivity index (χ1n) is 9.80. The van der Waals surface area contributed by atoms with E-state index in [1.807, 2.05) is 4.90 Å². The zero-order valence-electron chi connectivity index (χ0n) is 14.8. The van der Waals surface area contributed by atoms with E-state index in [0.717, 1.165) is 25.9 Å². The molecule has 1 saturated heterocycles. The number of aromatic nitrogens is 2. The lowest BCUT2D eigenvalue weighted by atomic mass is 9.95. The second-order valence-electron chi connectivity index (χ2n) is 7.99. The Morgan fingerprint density at radius 3 is 2.48 bits per heavy atom. The molecule has 2 heterocycles. The van der Waals surface area contributed by atoms with Crippen LogP contribution in [0.1, 0.15) is 61.7 Å². The predicted molar refractivity (Wildman–Crippen MR) is 94.0 cm³/mol. The van der Waals surface area contributed by atoms with Gasteiger partial charge in [-0.2, -0.15) is 5.10 Å². The van der Waals surface area contributed by atoms with Crippen LogP contribution in [0.15, 0.2) is 12.4 Å². The monoisotopic (exact) mass is 344 g/mol. The second kappa shape index (κ2) is 7.18. The Labute approximate surface area is 148 Å². The van der Waals surface area contributed by atoms with Gasteiger partial charge in [0.15, 0.2) is 0 Å². The summed E-state index contributed by atoms with van der Waals surface area (Å²) >= 11 is 0. The van der Waals surface area contributed by atoms with Gasteiger partial charge in [-0.3, -0.25) is 14.3 Å². The smallest absolute Gasteiger partial charge is 0.257 e. The number of fused-ring (bicyclic) bond motifs is 1. The highest BCUT2D eigenvalue weighted by Gasteiger charge is 2.38. The predicted octanol–water partition coefficient (Wildman–Crippen LogP) is 2.20. The van der Waals surface area contributed by atoms with Gasteiger partial charge in [0.1, 0.15) is 6.54 Å². The molecule has 3 aliphatic rings. The Hall–Kier alpha value is -1.85. The molecule has 6 heteroatoms. The van der Waals surface area contributed by atoms with E-state index < -0.39 is 0 Å². The third-order valence-corrected chi connectivity index (χ3v) is 6.17. The molecule has 25 heavy (non-hydrogen) atoms. The van der Waals surface area contributed by atoms with Gasteiger partial charge in [0.05, 0.1) is 11.8 Å². The first-order valence-corrected chi connectivity index (χ1v) is 9.80. The first-order chi connectivity index (χ1) is 12.2. The van der Waals surface area contributed by atoms with Crippen LogP contribution in [0.2, 0.25) is 0 Å². The van der Waals surface area contributed by atoms with Crippen LogP contribution in [-0.2, 0) is 11.3 Å². The van der Waals surface area contributed by atoms with Crippen LogP contribution in [0, 0.1) is 11.8 Å². The van der Waals surface area contributed by atoms with E-state index in [4.69, 9.17) is 0 Å². The molecule has 1 aromatic rings. The normalized spacial score (nSPS) is 26.6. The summed E-state index contributed by atoms with van der Waals surface area (Å²) in [5.41, 5.74) is 0.602. The molecule has 2 saturated carbocycles. The Morgan fingerprint density at radius 1 is 1.04 bits per heavy atom. The summed E-state index contributed by atoms with van der Waals surface area (Å²) in [5.74, 6) is 1.44. The largest absolute Gasteiger partial charge is 0.352 e. The summed E-state index contributed by atoms with van der Waals surface area (Å²) in [6.45, 7) is 1.96. The van der Waals surface area contributed by atoms with Gasteiger partial charge >= 0.3 is 0 Å². The fourth-order valence-electron chi connectivity index (χ4n) is 4.81. The summed E-state index contributed by atoms with van der Waals surface area (Å²) in [6, 6.07) is 0.307. The number of carbonyl (C=O) groups is 2. The molecule has 2 aliphatic carbocycles. The van der Waals surface area contributed by atoms with Gasteiger partial charge < -0.3 is 10.2 Å². The van der Waals surface area contributed by atoms with Crippen LogP contribution in [0.4, 0.5) is 0 Å². The van der Waals surface area contributed by atoms with E-state index in [1.54, 1.807) is 17.1 Å². The molecule has 0 spiro atoms. The SMILES string of the molecule is O=C(Cn1cc(C(=O)N2CC3CCCC3C2)cn1)NC1CCCCC1. The first kappa shape index (κ1) is 16.6. The van der Waals surface area contributed by atoms with Crippen molar-refractivity contribution in [1.82, 2.24) is 20.0 Å². The number of likely N-dealkylation sites (tertiary alicyclic amines) is 1.